The number of ether oxygens (including phenoxy) is 1. The maximum atomic E-state index is 5.88. The first kappa shape index (κ1) is 28.5. The number of nitrogens with zero attached hydrogens (tertiary/aromatic N) is 1. The van der Waals surface area contributed by atoms with E-state index in [2.05, 4.69) is 31.0 Å². The maximum absolute atomic E-state index is 5.88. The monoisotopic (exact) mass is 483 g/mol. The van der Waals surface area contributed by atoms with Crippen molar-refractivity contribution in [1.29, 1.82) is 0 Å². The zero-order chi connectivity index (χ0) is 24.6. The summed E-state index contributed by atoms with van der Waals surface area (Å²) in [6.45, 7) is 5.41. The minimum absolute atomic E-state index is 0.828. The van der Waals surface area contributed by atoms with Crippen LogP contribution in [0.3, 0.4) is 0 Å². The summed E-state index contributed by atoms with van der Waals surface area (Å²) >= 11 is 0. The molecule has 35 heavy (non-hydrogen) atoms. The van der Waals surface area contributed by atoms with Gasteiger partial charge in [0.25, 0.3) is 0 Å². The highest BCUT2D eigenvalue weighted by Gasteiger charge is 2.24. The molecule has 0 unspecified atom stereocenters. The van der Waals surface area contributed by atoms with E-state index in [1.165, 1.54) is 128 Å². The van der Waals surface area contributed by atoms with E-state index in [4.69, 9.17) is 4.74 Å². The van der Waals surface area contributed by atoms with Crippen LogP contribution >= 0.6 is 0 Å². The number of hydrogen-bond donors (Lipinski definition) is 0. The number of aromatic nitrogens is 1. The Balaban J connectivity index is 1.21. The third-order valence-electron chi connectivity index (χ3n) is 9.25. The van der Waals surface area contributed by atoms with Crippen molar-refractivity contribution in [1.82, 2.24) is 4.98 Å². The number of pyridine rings is 1. The molecule has 2 saturated carbocycles. The molecular formula is C33H57NO. The van der Waals surface area contributed by atoms with Gasteiger partial charge in [0, 0.05) is 5.69 Å². The zero-order valence-corrected chi connectivity index (χ0v) is 23.5. The van der Waals surface area contributed by atoms with Crippen LogP contribution < -0.4 is 4.74 Å². The van der Waals surface area contributed by atoms with Crippen molar-refractivity contribution in [2.24, 2.45) is 23.7 Å². The summed E-state index contributed by atoms with van der Waals surface area (Å²) in [5.41, 5.74) is 1.24. The molecule has 1 aromatic heterocycles. The predicted molar refractivity (Wildman–Crippen MR) is 151 cm³/mol. The lowest BCUT2D eigenvalue weighted by Gasteiger charge is -2.32. The fraction of sp³-hybridized carbons (Fsp3) is 0.848. The standard InChI is InChI=1S/C33H57NO/c1-3-5-7-8-10-26-35-33-25-24-32(34-27-33)23-22-31-20-18-30(19-21-31)17-16-29-14-12-28(13-15-29)11-9-6-4-2/h24-25,27-31H,3-23,26H2,1-2H3/t28-,29-,30?,31?. The summed E-state index contributed by atoms with van der Waals surface area (Å²) < 4.78 is 5.88. The fourth-order valence-corrected chi connectivity index (χ4v) is 6.66. The Morgan fingerprint density at radius 3 is 1.74 bits per heavy atom. The van der Waals surface area contributed by atoms with E-state index in [0.717, 1.165) is 48.9 Å². The van der Waals surface area contributed by atoms with Crippen LogP contribution in [0.1, 0.15) is 148 Å². The van der Waals surface area contributed by atoms with Gasteiger partial charge >= 0.3 is 0 Å². The largest absolute Gasteiger partial charge is 0.492 e. The Morgan fingerprint density at radius 1 is 0.629 bits per heavy atom. The van der Waals surface area contributed by atoms with E-state index < -0.39 is 0 Å². The molecule has 0 radical (unpaired) electrons. The van der Waals surface area contributed by atoms with E-state index in [0.29, 0.717) is 0 Å². The van der Waals surface area contributed by atoms with Gasteiger partial charge in [-0.2, -0.15) is 0 Å². The SMILES string of the molecule is CCCCCCCOc1ccc(CCC2CCC(CC[C@H]3CC[C@H](CCCCC)CC3)CC2)nc1. The second kappa shape index (κ2) is 17.4. The summed E-state index contributed by atoms with van der Waals surface area (Å²) in [6.07, 6.45) is 31.6. The van der Waals surface area contributed by atoms with Crippen LogP contribution in [0, 0.1) is 23.7 Å². The lowest BCUT2D eigenvalue weighted by atomic mass is 9.74. The second-order valence-corrected chi connectivity index (χ2v) is 12.1. The quantitative estimate of drug-likeness (QED) is 0.206. The maximum Gasteiger partial charge on any atom is 0.137 e. The van der Waals surface area contributed by atoms with Gasteiger partial charge in [-0.15, -0.1) is 0 Å². The summed E-state index contributed by atoms with van der Waals surface area (Å²) in [7, 11) is 0. The predicted octanol–water partition coefficient (Wildman–Crippen LogP) is 10.3. The summed E-state index contributed by atoms with van der Waals surface area (Å²) in [5.74, 6) is 4.99. The molecule has 1 heterocycles. The zero-order valence-electron chi connectivity index (χ0n) is 23.5. The molecule has 2 aliphatic carbocycles. The summed E-state index contributed by atoms with van der Waals surface area (Å²) in [6, 6.07) is 4.32. The first-order chi connectivity index (χ1) is 17.3. The van der Waals surface area contributed by atoms with Gasteiger partial charge in [-0.05, 0) is 55.1 Å². The van der Waals surface area contributed by atoms with Crippen molar-refractivity contribution in [3.8, 4) is 5.75 Å². The normalized spacial score (nSPS) is 25.0. The van der Waals surface area contributed by atoms with Crippen LogP contribution in [0.2, 0.25) is 0 Å². The fourth-order valence-electron chi connectivity index (χ4n) is 6.66. The molecule has 2 fully saturated rings. The van der Waals surface area contributed by atoms with E-state index in [1.54, 1.807) is 0 Å². The molecule has 1 aromatic rings. The van der Waals surface area contributed by atoms with E-state index in [-0.39, 0.29) is 0 Å². The summed E-state index contributed by atoms with van der Waals surface area (Å²) in [5, 5.41) is 0. The van der Waals surface area contributed by atoms with Crippen LogP contribution in [-0.4, -0.2) is 11.6 Å². The van der Waals surface area contributed by atoms with Crippen LogP contribution in [0.4, 0.5) is 0 Å². The molecule has 0 bridgehead atoms. The molecule has 2 aliphatic rings. The smallest absolute Gasteiger partial charge is 0.137 e. The minimum Gasteiger partial charge on any atom is -0.492 e. The van der Waals surface area contributed by atoms with E-state index >= 15 is 0 Å². The number of rotatable bonds is 17. The van der Waals surface area contributed by atoms with Crippen LogP contribution in [0.15, 0.2) is 18.3 Å². The Hall–Kier alpha value is -1.05. The van der Waals surface area contributed by atoms with E-state index in [1.807, 2.05) is 6.20 Å². The highest BCUT2D eigenvalue weighted by atomic mass is 16.5. The third-order valence-corrected chi connectivity index (χ3v) is 9.25. The Morgan fingerprint density at radius 2 is 1.17 bits per heavy atom. The Bertz CT molecular complexity index is 625. The van der Waals surface area contributed by atoms with Crippen molar-refractivity contribution in [3.63, 3.8) is 0 Å². The molecule has 0 aromatic carbocycles. The lowest BCUT2D eigenvalue weighted by molar-refractivity contribution is 0.208. The summed E-state index contributed by atoms with van der Waals surface area (Å²) in [4.78, 5) is 4.69. The molecule has 3 rings (SSSR count). The number of aryl methyl sites for hydroxylation is 1. The highest BCUT2D eigenvalue weighted by Crippen LogP contribution is 2.38. The van der Waals surface area contributed by atoms with Crippen molar-refractivity contribution in [2.75, 3.05) is 6.61 Å². The number of unbranched alkanes of at least 4 members (excludes halogenated alkanes) is 6. The molecule has 0 spiro atoms. The molecule has 0 N–H and O–H groups in total. The first-order valence-corrected chi connectivity index (χ1v) is 15.8. The van der Waals surface area contributed by atoms with Gasteiger partial charge in [0.2, 0.25) is 0 Å². The van der Waals surface area contributed by atoms with Crippen molar-refractivity contribution in [2.45, 2.75) is 149 Å². The molecule has 0 aliphatic heterocycles. The van der Waals surface area contributed by atoms with Crippen molar-refractivity contribution >= 4 is 0 Å². The van der Waals surface area contributed by atoms with Gasteiger partial charge in [0.1, 0.15) is 5.75 Å². The van der Waals surface area contributed by atoms with Crippen LogP contribution in [0.25, 0.3) is 0 Å². The van der Waals surface area contributed by atoms with Crippen LogP contribution in [0.5, 0.6) is 5.75 Å². The number of hydrogen-bond acceptors (Lipinski definition) is 2. The molecular weight excluding hydrogens is 426 g/mol. The topological polar surface area (TPSA) is 22.1 Å². The van der Waals surface area contributed by atoms with Gasteiger partial charge in [-0.3, -0.25) is 4.98 Å². The molecule has 0 saturated heterocycles. The van der Waals surface area contributed by atoms with Crippen molar-refractivity contribution < 1.29 is 4.74 Å². The third kappa shape index (κ3) is 11.7. The Kier molecular flexibility index (Phi) is 14.2. The van der Waals surface area contributed by atoms with Gasteiger partial charge in [0.05, 0.1) is 12.8 Å². The molecule has 0 atom stereocenters. The minimum atomic E-state index is 0.828. The second-order valence-electron chi connectivity index (χ2n) is 12.1. The Labute approximate surface area is 218 Å². The van der Waals surface area contributed by atoms with Gasteiger partial charge < -0.3 is 4.74 Å². The highest BCUT2D eigenvalue weighted by molar-refractivity contribution is 5.19. The van der Waals surface area contributed by atoms with Gasteiger partial charge in [-0.1, -0.05) is 129 Å². The molecule has 0 amide bonds. The molecule has 200 valence electrons. The average Bonchev–Trinajstić information content (AvgIpc) is 2.90. The van der Waals surface area contributed by atoms with E-state index in [9.17, 15) is 0 Å². The van der Waals surface area contributed by atoms with Crippen LogP contribution in [-0.2, 0) is 6.42 Å². The average molecular weight is 484 g/mol. The first-order valence-electron chi connectivity index (χ1n) is 15.8. The van der Waals surface area contributed by atoms with Crippen molar-refractivity contribution in [3.05, 3.63) is 24.0 Å². The molecule has 2 nitrogen and oxygen atoms in total. The molecule has 2 heteroatoms. The van der Waals surface area contributed by atoms with Gasteiger partial charge in [-0.25, -0.2) is 0 Å². The van der Waals surface area contributed by atoms with Gasteiger partial charge in [0.15, 0.2) is 0 Å². The lowest BCUT2D eigenvalue weighted by Crippen LogP contribution is -2.18.